The minimum atomic E-state index is -1.81. The monoisotopic (exact) mass is 465 g/mol. The predicted molar refractivity (Wildman–Crippen MR) is 116 cm³/mol. The Balaban J connectivity index is 1.68. The van der Waals surface area contributed by atoms with E-state index in [1.807, 2.05) is 0 Å². The zero-order valence-electron chi connectivity index (χ0n) is 17.4. The molecular weight excluding hydrogens is 443 g/mol. The summed E-state index contributed by atoms with van der Waals surface area (Å²) in [6.45, 7) is 2.96. The van der Waals surface area contributed by atoms with E-state index in [0.29, 0.717) is 0 Å². The number of benzene rings is 1. The number of nitrogens with two attached hydrogens (primary N) is 1. The van der Waals surface area contributed by atoms with Crippen LogP contribution in [0.5, 0.6) is 0 Å². The van der Waals surface area contributed by atoms with Crippen LogP contribution < -0.4 is 11.1 Å². The Morgan fingerprint density at radius 1 is 1.34 bits per heavy atom. The first-order chi connectivity index (χ1) is 15.1. The summed E-state index contributed by atoms with van der Waals surface area (Å²) in [5.41, 5.74) is 2.86. The number of hydrogen-bond donors (Lipinski definition) is 2. The fourth-order valence-electron chi connectivity index (χ4n) is 3.96. The molecule has 11 heteroatoms. The van der Waals surface area contributed by atoms with Crippen molar-refractivity contribution >= 4 is 28.5 Å². The quantitative estimate of drug-likeness (QED) is 0.714. The van der Waals surface area contributed by atoms with Gasteiger partial charge in [-0.1, -0.05) is 11.8 Å². The van der Waals surface area contributed by atoms with Crippen molar-refractivity contribution in [1.82, 2.24) is 9.97 Å². The second kappa shape index (κ2) is 8.36. The molecule has 2 aromatic rings. The third-order valence-corrected chi connectivity index (χ3v) is 6.61. The smallest absolute Gasteiger partial charge is 0.275 e. The molecule has 2 aliphatic rings. The zero-order valence-corrected chi connectivity index (χ0v) is 18.3. The summed E-state index contributed by atoms with van der Waals surface area (Å²) in [6.07, 6.45) is 0.706. The Kier molecular flexibility index (Phi) is 5.89. The summed E-state index contributed by atoms with van der Waals surface area (Å²) in [7, 11) is 0. The molecule has 0 saturated carbocycles. The maximum atomic E-state index is 16.2. The molecule has 0 bridgehead atoms. The van der Waals surface area contributed by atoms with E-state index in [-0.39, 0.29) is 52.7 Å². The lowest BCUT2D eigenvalue weighted by Crippen LogP contribution is -2.60. The number of nitrogens with zero attached hydrogens (tertiary/aromatic N) is 3. The number of amidine groups is 1. The van der Waals surface area contributed by atoms with Crippen LogP contribution >= 0.6 is 11.8 Å². The number of fused-ring (bicyclic) bond motifs is 1. The average molecular weight is 466 g/mol. The van der Waals surface area contributed by atoms with Crippen LogP contribution in [0.2, 0.25) is 0 Å². The van der Waals surface area contributed by atoms with Crippen molar-refractivity contribution in [1.29, 1.82) is 0 Å². The van der Waals surface area contributed by atoms with Gasteiger partial charge >= 0.3 is 0 Å². The molecule has 0 aliphatic carbocycles. The standard InChI is InChI=1S/C21H22F3N5O2S/c1-11-6-20(24)10-32-19(25)29-21(20,9-31-11)13-3-14(23)5-15(4-13)28-18(30)17-8-26-16(7-27-17)12(2)22/h3-5,7-8,11-12H,6,9-10H2,1-2H3,(H2,25,29)(H,28,30)/t11-,12?,20+,21+/m0/s1. The molecule has 32 heavy (non-hydrogen) atoms. The van der Waals surface area contributed by atoms with Crippen molar-refractivity contribution in [3.05, 3.63) is 53.4 Å². The van der Waals surface area contributed by atoms with Gasteiger partial charge in [-0.25, -0.2) is 23.1 Å². The van der Waals surface area contributed by atoms with Crippen LogP contribution in [0.1, 0.15) is 48.2 Å². The number of thioether (sulfide) groups is 1. The number of amides is 1. The SMILES string of the molecule is CC(F)c1cnc(C(=O)Nc2cc(F)cc([C@]34CO[C@@H](C)C[C@@]3(F)CSC(N)=N4)c2)cn1. The highest BCUT2D eigenvalue weighted by atomic mass is 32.2. The van der Waals surface area contributed by atoms with E-state index in [4.69, 9.17) is 10.5 Å². The summed E-state index contributed by atoms with van der Waals surface area (Å²) in [6, 6.07) is 3.72. The highest BCUT2D eigenvalue weighted by Crippen LogP contribution is 2.51. The number of carbonyl (C=O) groups is 1. The van der Waals surface area contributed by atoms with Crippen LogP contribution in [0.15, 0.2) is 35.6 Å². The number of rotatable bonds is 4. The van der Waals surface area contributed by atoms with Crippen LogP contribution in [0.4, 0.5) is 18.9 Å². The Bertz CT molecular complexity index is 1070. The average Bonchev–Trinajstić information content (AvgIpc) is 2.74. The topological polar surface area (TPSA) is 102 Å². The lowest BCUT2D eigenvalue weighted by atomic mass is 9.73. The minimum Gasteiger partial charge on any atom is -0.379 e. The summed E-state index contributed by atoms with van der Waals surface area (Å²) in [5, 5.41) is 2.71. The van der Waals surface area contributed by atoms with Gasteiger partial charge in [0.2, 0.25) is 0 Å². The molecule has 170 valence electrons. The normalized spacial score (nSPS) is 28.4. The van der Waals surface area contributed by atoms with Gasteiger partial charge < -0.3 is 15.8 Å². The fraction of sp³-hybridized carbons (Fsp3) is 0.429. The second-order valence-electron chi connectivity index (χ2n) is 8.02. The highest BCUT2D eigenvalue weighted by Gasteiger charge is 2.59. The molecule has 2 aliphatic heterocycles. The first-order valence-corrected chi connectivity index (χ1v) is 11.0. The number of carbonyl (C=O) groups excluding carboxylic acids is 1. The number of anilines is 1. The molecule has 1 saturated heterocycles. The summed E-state index contributed by atoms with van der Waals surface area (Å²) >= 11 is 1.11. The van der Waals surface area contributed by atoms with E-state index in [2.05, 4.69) is 20.3 Å². The molecule has 1 unspecified atom stereocenters. The van der Waals surface area contributed by atoms with E-state index < -0.39 is 29.1 Å². The zero-order chi connectivity index (χ0) is 23.1. The number of halogens is 3. The van der Waals surface area contributed by atoms with Gasteiger partial charge in [-0.15, -0.1) is 0 Å². The number of alkyl halides is 2. The fourth-order valence-corrected chi connectivity index (χ4v) is 4.91. The van der Waals surface area contributed by atoms with E-state index in [0.717, 1.165) is 30.2 Å². The van der Waals surface area contributed by atoms with E-state index >= 15 is 4.39 Å². The summed E-state index contributed by atoms with van der Waals surface area (Å²) < 4.78 is 49.7. The summed E-state index contributed by atoms with van der Waals surface area (Å²) in [4.78, 5) is 24.7. The molecule has 3 heterocycles. The molecule has 1 aromatic carbocycles. The molecule has 3 N–H and O–H groups in total. The number of nitrogens with one attached hydrogen (secondary N) is 1. The van der Waals surface area contributed by atoms with E-state index in [1.54, 1.807) is 6.92 Å². The second-order valence-corrected chi connectivity index (χ2v) is 9.01. The van der Waals surface area contributed by atoms with Crippen molar-refractivity contribution in [3.8, 4) is 0 Å². The molecule has 4 atom stereocenters. The van der Waals surface area contributed by atoms with E-state index in [9.17, 15) is 13.6 Å². The van der Waals surface area contributed by atoms with Crippen molar-refractivity contribution in [3.63, 3.8) is 0 Å². The van der Waals surface area contributed by atoms with Crippen LogP contribution in [0.25, 0.3) is 0 Å². The van der Waals surface area contributed by atoms with E-state index in [1.165, 1.54) is 19.1 Å². The number of hydrogen-bond acceptors (Lipinski definition) is 7. The van der Waals surface area contributed by atoms with Crippen LogP contribution in [0.3, 0.4) is 0 Å². The van der Waals surface area contributed by atoms with Crippen molar-refractivity contribution in [2.24, 2.45) is 10.7 Å². The van der Waals surface area contributed by atoms with Gasteiger partial charge in [0.15, 0.2) is 10.8 Å². The Morgan fingerprint density at radius 3 is 2.81 bits per heavy atom. The lowest BCUT2D eigenvalue weighted by Gasteiger charge is -2.49. The highest BCUT2D eigenvalue weighted by molar-refractivity contribution is 8.13. The maximum Gasteiger partial charge on any atom is 0.275 e. The Labute approximate surface area is 187 Å². The van der Waals surface area contributed by atoms with Crippen molar-refractivity contribution in [2.75, 3.05) is 17.7 Å². The molecule has 1 fully saturated rings. The molecule has 0 spiro atoms. The third kappa shape index (κ3) is 4.06. The van der Waals surface area contributed by atoms with Gasteiger partial charge in [-0.3, -0.25) is 9.78 Å². The first-order valence-electron chi connectivity index (χ1n) is 9.99. The minimum absolute atomic E-state index is 0.0587. The Hall–Kier alpha value is -2.66. The predicted octanol–water partition coefficient (Wildman–Crippen LogP) is 3.67. The van der Waals surface area contributed by atoms with Gasteiger partial charge in [-0.05, 0) is 37.6 Å². The Morgan fingerprint density at radius 2 is 2.12 bits per heavy atom. The van der Waals surface area contributed by atoms with Gasteiger partial charge in [-0.2, -0.15) is 0 Å². The molecular formula is C21H22F3N5O2S. The maximum absolute atomic E-state index is 16.2. The lowest BCUT2D eigenvalue weighted by molar-refractivity contribution is -0.106. The van der Waals surface area contributed by atoms with Crippen LogP contribution in [-0.2, 0) is 10.3 Å². The molecule has 0 radical (unpaired) electrons. The molecule has 1 amide bonds. The van der Waals surface area contributed by atoms with Crippen molar-refractivity contribution < 1.29 is 22.7 Å². The van der Waals surface area contributed by atoms with Crippen LogP contribution in [-0.4, -0.2) is 45.2 Å². The molecule has 4 rings (SSSR count). The van der Waals surface area contributed by atoms with Crippen molar-refractivity contribution in [2.45, 2.75) is 43.8 Å². The van der Waals surface area contributed by atoms with Gasteiger partial charge in [0.25, 0.3) is 5.91 Å². The number of ether oxygens (including phenoxy) is 1. The molecule has 7 nitrogen and oxygen atoms in total. The number of aliphatic imine (C=N–C) groups is 1. The number of aromatic nitrogens is 2. The third-order valence-electron chi connectivity index (χ3n) is 5.62. The molecule has 1 aromatic heterocycles. The van der Waals surface area contributed by atoms with Gasteiger partial charge in [0.05, 0.1) is 30.8 Å². The van der Waals surface area contributed by atoms with Crippen LogP contribution in [0, 0.1) is 5.82 Å². The summed E-state index contributed by atoms with van der Waals surface area (Å²) in [5.74, 6) is -1.30. The first kappa shape index (κ1) is 22.5. The van der Waals surface area contributed by atoms with Gasteiger partial charge in [0.1, 0.15) is 23.2 Å². The van der Waals surface area contributed by atoms with Gasteiger partial charge in [0, 0.05) is 17.9 Å². The largest absolute Gasteiger partial charge is 0.379 e.